The molecule has 0 aliphatic carbocycles. The van der Waals surface area contributed by atoms with Crippen LogP contribution >= 0.6 is 0 Å². The summed E-state index contributed by atoms with van der Waals surface area (Å²) in [5.41, 5.74) is 11.4. The van der Waals surface area contributed by atoms with Crippen LogP contribution in [0.5, 0.6) is 0 Å². The molecular formula is C60H34O. The molecule has 1 heteroatoms. The SMILES string of the molecule is c1ccc(-c2ccc3ccc4c(-c5ccc(-c6ccc(-c7ccc8ccc9cccc%10ccc7c8c9%10)cc6)c6oc7cc8ccccc8cc7c56)ccc5ccc2c3c54)cc1. The molecule has 0 fully saturated rings. The first-order valence-electron chi connectivity index (χ1n) is 21.2. The molecule has 0 saturated carbocycles. The number of furan rings is 1. The molecule has 61 heavy (non-hydrogen) atoms. The van der Waals surface area contributed by atoms with Gasteiger partial charge in [-0.25, -0.2) is 0 Å². The number of hydrogen-bond acceptors (Lipinski definition) is 1. The minimum atomic E-state index is 0.901. The Bertz CT molecular complexity index is 4060. The Morgan fingerprint density at radius 3 is 1.30 bits per heavy atom. The van der Waals surface area contributed by atoms with Gasteiger partial charge in [-0.1, -0.05) is 188 Å². The van der Waals surface area contributed by atoms with Crippen LogP contribution in [0.15, 0.2) is 211 Å². The highest BCUT2D eigenvalue weighted by molar-refractivity contribution is 6.30. The second kappa shape index (κ2) is 12.3. The minimum absolute atomic E-state index is 0.901. The molecule has 1 nitrogen and oxygen atoms in total. The van der Waals surface area contributed by atoms with Gasteiger partial charge in [0.15, 0.2) is 0 Å². The first kappa shape index (κ1) is 32.9. The van der Waals surface area contributed by atoms with E-state index in [1.807, 2.05) is 0 Å². The summed E-state index contributed by atoms with van der Waals surface area (Å²) in [6, 6.07) is 76.3. The van der Waals surface area contributed by atoms with Crippen LogP contribution in [0.25, 0.3) is 142 Å². The van der Waals surface area contributed by atoms with E-state index in [-0.39, 0.29) is 0 Å². The second-order valence-corrected chi connectivity index (χ2v) is 16.7. The third-order valence-corrected chi connectivity index (χ3v) is 13.6. The van der Waals surface area contributed by atoms with Crippen LogP contribution in [0.3, 0.4) is 0 Å². The van der Waals surface area contributed by atoms with Crippen molar-refractivity contribution in [2.24, 2.45) is 0 Å². The van der Waals surface area contributed by atoms with Crippen molar-refractivity contribution in [1.82, 2.24) is 0 Å². The van der Waals surface area contributed by atoms with Crippen LogP contribution in [0.2, 0.25) is 0 Å². The Hall–Kier alpha value is -8.00. The average Bonchev–Trinajstić information content (AvgIpc) is 3.70. The highest BCUT2D eigenvalue weighted by atomic mass is 16.3. The molecule has 13 aromatic carbocycles. The summed E-state index contributed by atoms with van der Waals surface area (Å²) in [7, 11) is 0. The fourth-order valence-corrected chi connectivity index (χ4v) is 10.7. The van der Waals surface area contributed by atoms with Gasteiger partial charge >= 0.3 is 0 Å². The fraction of sp³-hybridized carbons (Fsp3) is 0. The van der Waals surface area contributed by atoms with Crippen LogP contribution in [-0.2, 0) is 0 Å². The first-order valence-corrected chi connectivity index (χ1v) is 21.2. The molecule has 0 saturated heterocycles. The zero-order valence-electron chi connectivity index (χ0n) is 33.0. The van der Waals surface area contributed by atoms with E-state index in [0.29, 0.717) is 0 Å². The fourth-order valence-electron chi connectivity index (χ4n) is 10.7. The molecule has 0 radical (unpaired) electrons. The summed E-state index contributed by atoms with van der Waals surface area (Å²) < 4.78 is 7.04. The molecule has 14 aromatic rings. The maximum atomic E-state index is 7.04. The lowest BCUT2D eigenvalue weighted by atomic mass is 9.86. The van der Waals surface area contributed by atoms with Gasteiger partial charge in [-0.2, -0.15) is 0 Å². The lowest BCUT2D eigenvalue weighted by Gasteiger charge is -2.17. The van der Waals surface area contributed by atoms with Gasteiger partial charge in [0.2, 0.25) is 0 Å². The van der Waals surface area contributed by atoms with Gasteiger partial charge in [-0.05, 0) is 133 Å². The zero-order valence-corrected chi connectivity index (χ0v) is 33.0. The second-order valence-electron chi connectivity index (χ2n) is 16.7. The summed E-state index contributed by atoms with van der Waals surface area (Å²) in [4.78, 5) is 0. The summed E-state index contributed by atoms with van der Waals surface area (Å²) >= 11 is 0. The number of benzene rings is 13. The highest BCUT2D eigenvalue weighted by Crippen LogP contribution is 2.48. The van der Waals surface area contributed by atoms with Crippen molar-refractivity contribution in [2.45, 2.75) is 0 Å². The Kier molecular flexibility index (Phi) is 6.62. The first-order chi connectivity index (χ1) is 30.2. The van der Waals surface area contributed by atoms with E-state index < -0.39 is 0 Å². The van der Waals surface area contributed by atoms with Gasteiger partial charge in [-0.3, -0.25) is 0 Å². The van der Waals surface area contributed by atoms with E-state index >= 15 is 0 Å². The summed E-state index contributed by atoms with van der Waals surface area (Å²) in [6.07, 6.45) is 0. The van der Waals surface area contributed by atoms with Gasteiger partial charge in [0.1, 0.15) is 11.2 Å². The Morgan fingerprint density at radius 1 is 0.230 bits per heavy atom. The van der Waals surface area contributed by atoms with E-state index in [2.05, 4.69) is 206 Å². The van der Waals surface area contributed by atoms with E-state index in [1.54, 1.807) is 0 Å². The maximum Gasteiger partial charge on any atom is 0.143 e. The predicted molar refractivity (Wildman–Crippen MR) is 260 cm³/mol. The monoisotopic (exact) mass is 770 g/mol. The lowest BCUT2D eigenvalue weighted by molar-refractivity contribution is 0.670. The Morgan fingerprint density at radius 2 is 0.656 bits per heavy atom. The van der Waals surface area contributed by atoms with Gasteiger partial charge in [0.25, 0.3) is 0 Å². The summed E-state index contributed by atoms with van der Waals surface area (Å²) in [5, 5.41) is 20.2. The van der Waals surface area contributed by atoms with Crippen molar-refractivity contribution in [3.8, 4) is 44.5 Å². The van der Waals surface area contributed by atoms with Crippen molar-refractivity contribution in [3.05, 3.63) is 206 Å². The third kappa shape index (κ3) is 4.66. The molecule has 14 rings (SSSR count). The lowest BCUT2D eigenvalue weighted by Crippen LogP contribution is -1.90. The number of hydrogen-bond donors (Lipinski definition) is 0. The normalized spacial score (nSPS) is 12.3. The van der Waals surface area contributed by atoms with Crippen LogP contribution in [0.1, 0.15) is 0 Å². The van der Waals surface area contributed by atoms with E-state index in [1.165, 1.54) is 109 Å². The molecule has 0 spiro atoms. The molecule has 0 aliphatic rings. The molecular weight excluding hydrogens is 737 g/mol. The molecule has 0 unspecified atom stereocenters. The predicted octanol–water partition coefficient (Wildman–Crippen LogP) is 17.2. The summed E-state index contributed by atoms with van der Waals surface area (Å²) in [5.74, 6) is 0. The number of fused-ring (bicyclic) bond motifs is 4. The van der Waals surface area contributed by atoms with Crippen LogP contribution in [-0.4, -0.2) is 0 Å². The van der Waals surface area contributed by atoms with Crippen LogP contribution in [0, 0.1) is 0 Å². The van der Waals surface area contributed by atoms with Crippen molar-refractivity contribution >= 4 is 97.3 Å². The smallest absolute Gasteiger partial charge is 0.143 e. The van der Waals surface area contributed by atoms with Crippen molar-refractivity contribution in [1.29, 1.82) is 0 Å². The number of rotatable bonds is 4. The quantitative estimate of drug-likeness (QED) is 0.162. The Balaban J connectivity index is 0.980. The van der Waals surface area contributed by atoms with Crippen molar-refractivity contribution < 1.29 is 4.42 Å². The third-order valence-electron chi connectivity index (χ3n) is 13.6. The molecule has 1 aromatic heterocycles. The van der Waals surface area contributed by atoms with Gasteiger partial charge in [-0.15, -0.1) is 0 Å². The standard InChI is InChI=1S/C60H34O/c1-2-7-35(8-3-1)45-25-20-41-24-30-51-48(27-21-42-23-29-50(45)57(41)58(42)51)52-32-31-47(60-59(52)53-33-43-9-4-5-10-44(43)34-54(53)61-60)37-15-13-36(14-16-37)46-26-19-40-18-17-38-11-6-12-39-22-28-49(46)56(40)55(38)39/h1-34H. The topological polar surface area (TPSA) is 13.1 Å². The van der Waals surface area contributed by atoms with E-state index in [0.717, 1.165) is 33.1 Å². The highest BCUT2D eigenvalue weighted by Gasteiger charge is 2.22. The average molecular weight is 771 g/mol. The Labute approximate surface area is 351 Å². The minimum Gasteiger partial charge on any atom is -0.455 e. The van der Waals surface area contributed by atoms with Crippen molar-refractivity contribution in [2.75, 3.05) is 0 Å². The molecule has 280 valence electrons. The van der Waals surface area contributed by atoms with Crippen molar-refractivity contribution in [3.63, 3.8) is 0 Å². The summed E-state index contributed by atoms with van der Waals surface area (Å²) in [6.45, 7) is 0. The molecule has 0 amide bonds. The molecule has 0 atom stereocenters. The van der Waals surface area contributed by atoms with Gasteiger partial charge < -0.3 is 4.42 Å². The van der Waals surface area contributed by atoms with E-state index in [9.17, 15) is 0 Å². The molecule has 0 N–H and O–H groups in total. The van der Waals surface area contributed by atoms with E-state index in [4.69, 9.17) is 4.42 Å². The maximum absolute atomic E-state index is 7.04. The molecule has 0 bridgehead atoms. The largest absolute Gasteiger partial charge is 0.455 e. The van der Waals surface area contributed by atoms with Gasteiger partial charge in [0, 0.05) is 16.3 Å². The van der Waals surface area contributed by atoms with Gasteiger partial charge in [0.05, 0.1) is 0 Å². The molecule has 1 heterocycles. The zero-order chi connectivity index (χ0) is 39.8. The molecule has 0 aliphatic heterocycles. The van der Waals surface area contributed by atoms with Crippen LogP contribution < -0.4 is 0 Å². The van der Waals surface area contributed by atoms with Crippen LogP contribution in [0.4, 0.5) is 0 Å².